The predicted octanol–water partition coefficient (Wildman–Crippen LogP) is 5.91. The largest absolute Gasteiger partial charge is 0.494 e. The first-order valence-electron chi connectivity index (χ1n) is 9.48. The summed E-state index contributed by atoms with van der Waals surface area (Å²) in [6.07, 6.45) is 7.43. The van der Waals surface area contributed by atoms with Crippen LogP contribution in [0.4, 0.5) is 5.69 Å². The number of rotatable bonds is 11. The van der Waals surface area contributed by atoms with Gasteiger partial charge in [-0.05, 0) is 36.8 Å². The third-order valence-electron chi connectivity index (χ3n) is 4.28. The first-order chi connectivity index (χ1) is 13.1. The van der Waals surface area contributed by atoms with Crippen molar-refractivity contribution in [2.45, 2.75) is 45.4 Å². The van der Waals surface area contributed by atoms with Crippen molar-refractivity contribution >= 4 is 28.9 Å². The average molecular weight is 386 g/mol. The topological polar surface area (TPSA) is 58.6 Å². The fourth-order valence-corrected chi connectivity index (χ4v) is 3.07. The lowest BCUT2D eigenvalue weighted by molar-refractivity contribution is 0.0696. The first kappa shape index (κ1) is 20.9. The number of hydrogen-bond donors (Lipinski definition) is 2. The van der Waals surface area contributed by atoms with Crippen molar-refractivity contribution in [1.82, 2.24) is 0 Å². The van der Waals surface area contributed by atoms with E-state index >= 15 is 0 Å². The summed E-state index contributed by atoms with van der Waals surface area (Å²) in [5, 5.41) is 12.4. The van der Waals surface area contributed by atoms with E-state index in [1.165, 1.54) is 32.1 Å². The molecular formula is C22H27NO3S. The van der Waals surface area contributed by atoms with Gasteiger partial charge in [0, 0.05) is 11.3 Å². The van der Waals surface area contributed by atoms with Crippen molar-refractivity contribution in [2.24, 2.45) is 0 Å². The number of nitrogens with one attached hydrogen (secondary N) is 1. The van der Waals surface area contributed by atoms with E-state index in [9.17, 15) is 9.90 Å². The smallest absolute Gasteiger partial charge is 0.336 e. The van der Waals surface area contributed by atoms with Crippen molar-refractivity contribution in [3.8, 4) is 5.75 Å². The van der Waals surface area contributed by atoms with Crippen LogP contribution in [0, 0.1) is 0 Å². The van der Waals surface area contributed by atoms with Crippen LogP contribution in [-0.4, -0.2) is 22.7 Å². The molecule has 27 heavy (non-hydrogen) atoms. The maximum absolute atomic E-state index is 11.3. The van der Waals surface area contributed by atoms with E-state index in [-0.39, 0.29) is 5.56 Å². The highest BCUT2D eigenvalue weighted by Gasteiger charge is 2.12. The van der Waals surface area contributed by atoms with Crippen molar-refractivity contribution in [2.75, 3.05) is 11.9 Å². The van der Waals surface area contributed by atoms with Crippen LogP contribution in [-0.2, 0) is 0 Å². The zero-order chi connectivity index (χ0) is 19.5. The second kappa shape index (κ2) is 11.3. The SMILES string of the molecule is CCCCCCCCOc1ccc(NC(=S)c2ccccc2C(=O)O)cc1. The molecule has 144 valence electrons. The highest BCUT2D eigenvalue weighted by atomic mass is 32.1. The number of thiocarbonyl (C=S) groups is 1. The molecule has 0 heterocycles. The van der Waals surface area contributed by atoms with Gasteiger partial charge in [-0.3, -0.25) is 0 Å². The van der Waals surface area contributed by atoms with Gasteiger partial charge in [-0.1, -0.05) is 69.4 Å². The Balaban J connectivity index is 1.82. The summed E-state index contributed by atoms with van der Waals surface area (Å²) in [5.74, 6) is -0.167. The van der Waals surface area contributed by atoms with E-state index in [0.29, 0.717) is 10.6 Å². The van der Waals surface area contributed by atoms with Gasteiger partial charge in [0.15, 0.2) is 0 Å². The van der Waals surface area contributed by atoms with Crippen LogP contribution < -0.4 is 10.1 Å². The van der Waals surface area contributed by atoms with E-state index in [1.807, 2.05) is 24.3 Å². The number of benzene rings is 2. The molecule has 0 aliphatic heterocycles. The molecule has 4 nitrogen and oxygen atoms in total. The summed E-state index contributed by atoms with van der Waals surface area (Å²) in [4.78, 5) is 11.7. The lowest BCUT2D eigenvalue weighted by atomic mass is 10.1. The molecule has 2 rings (SSSR count). The fraction of sp³-hybridized carbons (Fsp3) is 0.364. The lowest BCUT2D eigenvalue weighted by Gasteiger charge is -2.11. The molecule has 2 aromatic rings. The molecule has 0 amide bonds. The van der Waals surface area contributed by atoms with Crippen LogP contribution in [0.1, 0.15) is 61.4 Å². The fourth-order valence-electron chi connectivity index (χ4n) is 2.77. The third kappa shape index (κ3) is 7.02. The van der Waals surface area contributed by atoms with Crippen LogP contribution >= 0.6 is 12.2 Å². The quantitative estimate of drug-likeness (QED) is 0.372. The molecule has 0 aliphatic rings. The Kier molecular flexibility index (Phi) is 8.78. The zero-order valence-electron chi connectivity index (χ0n) is 15.7. The van der Waals surface area contributed by atoms with Gasteiger partial charge in [0.1, 0.15) is 10.7 Å². The van der Waals surface area contributed by atoms with Gasteiger partial charge in [-0.25, -0.2) is 4.79 Å². The summed E-state index contributed by atoms with van der Waals surface area (Å²) in [6, 6.07) is 14.3. The van der Waals surface area contributed by atoms with Crippen LogP contribution in [0.3, 0.4) is 0 Å². The van der Waals surface area contributed by atoms with Crippen LogP contribution in [0.25, 0.3) is 0 Å². The number of hydrogen-bond acceptors (Lipinski definition) is 3. The Morgan fingerprint density at radius 2 is 1.59 bits per heavy atom. The molecule has 2 aromatic carbocycles. The van der Waals surface area contributed by atoms with E-state index in [1.54, 1.807) is 24.3 Å². The van der Waals surface area contributed by atoms with E-state index in [2.05, 4.69) is 12.2 Å². The van der Waals surface area contributed by atoms with Gasteiger partial charge in [-0.15, -0.1) is 0 Å². The summed E-state index contributed by atoms with van der Waals surface area (Å²) >= 11 is 5.37. The Hall–Kier alpha value is -2.40. The number of aromatic carboxylic acids is 1. The predicted molar refractivity (Wildman–Crippen MR) is 114 cm³/mol. The molecule has 5 heteroatoms. The minimum atomic E-state index is -0.992. The molecular weight excluding hydrogens is 358 g/mol. The van der Waals surface area contributed by atoms with E-state index < -0.39 is 5.97 Å². The van der Waals surface area contributed by atoms with Crippen molar-refractivity contribution in [3.05, 3.63) is 59.7 Å². The minimum absolute atomic E-state index is 0.189. The highest BCUT2D eigenvalue weighted by molar-refractivity contribution is 7.81. The molecule has 0 fully saturated rings. The number of unbranched alkanes of at least 4 members (excludes halogenated alkanes) is 5. The average Bonchev–Trinajstić information content (AvgIpc) is 2.68. The number of carboxylic acids is 1. The monoisotopic (exact) mass is 385 g/mol. The summed E-state index contributed by atoms with van der Waals surface area (Å²) in [7, 11) is 0. The maximum atomic E-state index is 11.3. The van der Waals surface area contributed by atoms with Crippen molar-refractivity contribution < 1.29 is 14.6 Å². The van der Waals surface area contributed by atoms with E-state index in [4.69, 9.17) is 17.0 Å². The minimum Gasteiger partial charge on any atom is -0.494 e. The van der Waals surface area contributed by atoms with Gasteiger partial charge >= 0.3 is 5.97 Å². The highest BCUT2D eigenvalue weighted by Crippen LogP contribution is 2.18. The standard InChI is InChI=1S/C22H27NO3S/c1-2-3-4-5-6-9-16-26-18-14-12-17(13-15-18)23-21(27)19-10-7-8-11-20(19)22(24)25/h7-8,10-15H,2-6,9,16H2,1H3,(H,23,27)(H,24,25). The molecule has 0 spiro atoms. The van der Waals surface area contributed by atoms with E-state index in [0.717, 1.165) is 24.5 Å². The van der Waals surface area contributed by atoms with Crippen LogP contribution in [0.15, 0.2) is 48.5 Å². The van der Waals surface area contributed by atoms with Gasteiger partial charge < -0.3 is 15.2 Å². The Morgan fingerprint density at radius 3 is 2.26 bits per heavy atom. The second-order valence-electron chi connectivity index (χ2n) is 6.45. The lowest BCUT2D eigenvalue weighted by Crippen LogP contribution is -2.15. The molecule has 0 saturated carbocycles. The Bertz CT molecular complexity index is 743. The number of ether oxygens (including phenoxy) is 1. The molecule has 0 aromatic heterocycles. The van der Waals surface area contributed by atoms with Crippen molar-refractivity contribution in [1.29, 1.82) is 0 Å². The molecule has 0 bridgehead atoms. The third-order valence-corrected chi connectivity index (χ3v) is 4.60. The summed E-state index contributed by atoms with van der Waals surface area (Å²) in [6.45, 7) is 2.95. The summed E-state index contributed by atoms with van der Waals surface area (Å²) in [5.41, 5.74) is 1.49. The molecule has 0 unspecified atom stereocenters. The second-order valence-corrected chi connectivity index (χ2v) is 6.85. The van der Waals surface area contributed by atoms with Gasteiger partial charge in [0.25, 0.3) is 0 Å². The molecule has 0 radical (unpaired) electrons. The molecule has 2 N–H and O–H groups in total. The number of carbonyl (C=O) groups is 1. The van der Waals surface area contributed by atoms with Crippen LogP contribution in [0.2, 0.25) is 0 Å². The summed E-state index contributed by atoms with van der Waals surface area (Å²) < 4.78 is 5.77. The molecule has 0 atom stereocenters. The maximum Gasteiger partial charge on any atom is 0.336 e. The number of anilines is 1. The normalized spacial score (nSPS) is 10.4. The van der Waals surface area contributed by atoms with Crippen LogP contribution in [0.5, 0.6) is 5.75 Å². The van der Waals surface area contributed by atoms with Gasteiger partial charge in [-0.2, -0.15) is 0 Å². The Morgan fingerprint density at radius 1 is 0.963 bits per heavy atom. The van der Waals surface area contributed by atoms with Gasteiger partial charge in [0.2, 0.25) is 0 Å². The molecule has 0 saturated heterocycles. The zero-order valence-corrected chi connectivity index (χ0v) is 16.6. The first-order valence-corrected chi connectivity index (χ1v) is 9.89. The van der Waals surface area contributed by atoms with Crippen molar-refractivity contribution in [3.63, 3.8) is 0 Å². The number of carboxylic acid groups (broad SMARTS) is 1. The Labute approximate surface area is 166 Å². The molecule has 0 aliphatic carbocycles. The van der Waals surface area contributed by atoms with Gasteiger partial charge in [0.05, 0.1) is 12.2 Å².